The lowest BCUT2D eigenvalue weighted by molar-refractivity contribution is -0.144. The number of carboxylic acid groups (broad SMARTS) is 1. The first-order valence-corrected chi connectivity index (χ1v) is 5.39. The minimum atomic E-state index is -1.01. The highest BCUT2D eigenvalue weighted by Crippen LogP contribution is 2.26. The van der Waals surface area contributed by atoms with Crippen LogP contribution < -0.4 is 4.74 Å². The van der Waals surface area contributed by atoms with Crippen LogP contribution in [0.1, 0.15) is 6.92 Å². The number of carbonyl (C=O) groups is 1. The first-order chi connectivity index (χ1) is 8.08. The van der Waals surface area contributed by atoms with E-state index in [1.165, 1.54) is 6.92 Å². The Morgan fingerprint density at radius 2 is 2.24 bits per heavy atom. The smallest absolute Gasteiger partial charge is 0.344 e. The second kappa shape index (κ2) is 4.59. The van der Waals surface area contributed by atoms with Crippen molar-refractivity contribution in [1.29, 1.82) is 0 Å². The molecule has 4 nitrogen and oxygen atoms in total. The van der Waals surface area contributed by atoms with Crippen LogP contribution in [-0.4, -0.2) is 22.2 Å². The molecule has 17 heavy (non-hydrogen) atoms. The number of hydrogen-bond acceptors (Lipinski definition) is 3. The third-order valence-corrected chi connectivity index (χ3v) is 2.55. The van der Waals surface area contributed by atoms with E-state index in [0.717, 1.165) is 5.39 Å². The lowest BCUT2D eigenvalue weighted by atomic mass is 10.2. The number of aromatic nitrogens is 1. The average Bonchev–Trinajstić information content (AvgIpc) is 2.28. The van der Waals surface area contributed by atoms with Crippen LogP contribution in [0.15, 0.2) is 30.5 Å². The fourth-order valence-electron chi connectivity index (χ4n) is 1.44. The highest BCUT2D eigenvalue weighted by molar-refractivity contribution is 6.31. The zero-order valence-corrected chi connectivity index (χ0v) is 9.81. The van der Waals surface area contributed by atoms with Gasteiger partial charge in [-0.1, -0.05) is 11.6 Å². The summed E-state index contributed by atoms with van der Waals surface area (Å²) in [6.45, 7) is 1.48. The summed E-state index contributed by atoms with van der Waals surface area (Å²) in [6.07, 6.45) is 0.652. The molecule has 1 aromatic carbocycles. The van der Waals surface area contributed by atoms with Crippen LogP contribution in [0.2, 0.25) is 5.02 Å². The van der Waals surface area contributed by atoms with E-state index < -0.39 is 12.1 Å². The largest absolute Gasteiger partial charge is 0.479 e. The average molecular weight is 252 g/mol. The maximum Gasteiger partial charge on any atom is 0.344 e. The van der Waals surface area contributed by atoms with Gasteiger partial charge in [-0.25, -0.2) is 4.79 Å². The van der Waals surface area contributed by atoms with Crippen LogP contribution in [0.4, 0.5) is 0 Å². The van der Waals surface area contributed by atoms with E-state index >= 15 is 0 Å². The number of halogens is 1. The van der Waals surface area contributed by atoms with Crippen molar-refractivity contribution in [2.75, 3.05) is 0 Å². The van der Waals surface area contributed by atoms with Crippen LogP contribution in [0.5, 0.6) is 5.75 Å². The molecule has 2 rings (SSSR count). The second-order valence-corrected chi connectivity index (χ2v) is 4.01. The molecule has 0 aliphatic heterocycles. The minimum absolute atomic E-state index is 0.488. The molecular formula is C12H10ClNO3. The number of benzene rings is 1. The number of hydrogen-bond donors (Lipinski definition) is 1. The van der Waals surface area contributed by atoms with Crippen molar-refractivity contribution < 1.29 is 14.6 Å². The number of pyridine rings is 1. The molecule has 1 unspecified atom stereocenters. The quantitative estimate of drug-likeness (QED) is 0.911. The van der Waals surface area contributed by atoms with Gasteiger partial charge in [0.25, 0.3) is 0 Å². The van der Waals surface area contributed by atoms with E-state index in [1.54, 1.807) is 30.5 Å². The SMILES string of the molecule is CC(Oc1ccnc2cc(Cl)ccc12)C(=O)O. The first-order valence-electron chi connectivity index (χ1n) is 5.01. The minimum Gasteiger partial charge on any atom is -0.479 e. The van der Waals surface area contributed by atoms with Gasteiger partial charge < -0.3 is 9.84 Å². The standard InChI is InChI=1S/C12H10ClNO3/c1-7(12(15)16)17-11-4-5-14-10-6-8(13)2-3-9(10)11/h2-7H,1H3,(H,15,16). The summed E-state index contributed by atoms with van der Waals surface area (Å²) in [4.78, 5) is 14.9. The van der Waals surface area contributed by atoms with Gasteiger partial charge in [0.1, 0.15) is 5.75 Å². The van der Waals surface area contributed by atoms with Crippen LogP contribution in [-0.2, 0) is 4.79 Å². The summed E-state index contributed by atoms with van der Waals surface area (Å²) in [5.74, 6) is -0.523. The molecule has 2 aromatic rings. The molecule has 1 aromatic heterocycles. The molecule has 1 atom stereocenters. The van der Waals surface area contributed by atoms with Crippen molar-refractivity contribution in [3.05, 3.63) is 35.5 Å². The van der Waals surface area contributed by atoms with E-state index in [-0.39, 0.29) is 0 Å². The summed E-state index contributed by atoms with van der Waals surface area (Å²) < 4.78 is 5.35. The monoisotopic (exact) mass is 251 g/mol. The lowest BCUT2D eigenvalue weighted by Gasteiger charge is -2.12. The molecule has 0 saturated heterocycles. The van der Waals surface area contributed by atoms with E-state index in [1.807, 2.05) is 0 Å². The maximum absolute atomic E-state index is 10.7. The molecule has 0 radical (unpaired) electrons. The topological polar surface area (TPSA) is 59.4 Å². The van der Waals surface area contributed by atoms with Crippen molar-refractivity contribution >= 4 is 28.5 Å². The predicted octanol–water partition coefficient (Wildman–Crippen LogP) is 2.74. The Kier molecular flexibility index (Phi) is 3.15. The third kappa shape index (κ3) is 2.47. The van der Waals surface area contributed by atoms with Gasteiger partial charge in [0.05, 0.1) is 5.52 Å². The van der Waals surface area contributed by atoms with Gasteiger partial charge >= 0.3 is 5.97 Å². The second-order valence-electron chi connectivity index (χ2n) is 3.57. The Balaban J connectivity index is 2.44. The van der Waals surface area contributed by atoms with Gasteiger partial charge in [-0.15, -0.1) is 0 Å². The Hall–Kier alpha value is -1.81. The zero-order valence-electron chi connectivity index (χ0n) is 9.05. The number of fused-ring (bicyclic) bond motifs is 1. The van der Waals surface area contributed by atoms with E-state index in [2.05, 4.69) is 4.98 Å². The van der Waals surface area contributed by atoms with Crippen molar-refractivity contribution in [3.8, 4) is 5.75 Å². The van der Waals surface area contributed by atoms with Gasteiger partial charge in [0.2, 0.25) is 0 Å². The van der Waals surface area contributed by atoms with Crippen LogP contribution in [0.25, 0.3) is 10.9 Å². The van der Waals surface area contributed by atoms with Crippen molar-refractivity contribution in [3.63, 3.8) is 0 Å². The fraction of sp³-hybridized carbons (Fsp3) is 0.167. The third-order valence-electron chi connectivity index (χ3n) is 2.32. The van der Waals surface area contributed by atoms with Gasteiger partial charge in [-0.05, 0) is 31.2 Å². The van der Waals surface area contributed by atoms with Crippen molar-refractivity contribution in [2.45, 2.75) is 13.0 Å². The summed E-state index contributed by atoms with van der Waals surface area (Å²) in [7, 11) is 0. The molecule has 0 aliphatic carbocycles. The summed E-state index contributed by atoms with van der Waals surface area (Å²) in [5.41, 5.74) is 0.674. The van der Waals surface area contributed by atoms with Crippen LogP contribution >= 0.6 is 11.6 Å². The van der Waals surface area contributed by atoms with Crippen molar-refractivity contribution in [2.24, 2.45) is 0 Å². The summed E-state index contributed by atoms with van der Waals surface area (Å²) in [6, 6.07) is 6.81. The van der Waals surface area contributed by atoms with Gasteiger partial charge in [0.15, 0.2) is 6.10 Å². The van der Waals surface area contributed by atoms with Crippen molar-refractivity contribution in [1.82, 2.24) is 4.98 Å². The number of carboxylic acids is 1. The normalized spacial score (nSPS) is 12.4. The molecule has 1 N–H and O–H groups in total. The molecule has 88 valence electrons. The number of rotatable bonds is 3. The van der Waals surface area contributed by atoms with E-state index in [0.29, 0.717) is 16.3 Å². The maximum atomic E-state index is 10.7. The lowest BCUT2D eigenvalue weighted by Crippen LogP contribution is -2.22. The number of nitrogens with zero attached hydrogens (tertiary/aromatic N) is 1. The molecule has 0 fully saturated rings. The molecule has 0 spiro atoms. The summed E-state index contributed by atoms with van der Waals surface area (Å²) >= 11 is 5.85. The van der Waals surface area contributed by atoms with Gasteiger partial charge in [0, 0.05) is 16.6 Å². The molecule has 0 amide bonds. The first kappa shape index (κ1) is 11.7. The van der Waals surface area contributed by atoms with Gasteiger partial charge in [-0.2, -0.15) is 0 Å². The Morgan fingerprint density at radius 3 is 2.94 bits per heavy atom. The Morgan fingerprint density at radius 1 is 1.47 bits per heavy atom. The fourth-order valence-corrected chi connectivity index (χ4v) is 1.60. The predicted molar refractivity (Wildman–Crippen MR) is 64.5 cm³/mol. The highest BCUT2D eigenvalue weighted by Gasteiger charge is 2.14. The highest BCUT2D eigenvalue weighted by atomic mass is 35.5. The summed E-state index contributed by atoms with van der Waals surface area (Å²) in [5, 5.41) is 10.1. The van der Waals surface area contributed by atoms with Crippen LogP contribution in [0.3, 0.4) is 0 Å². The molecule has 0 bridgehead atoms. The Bertz CT molecular complexity index is 571. The molecule has 0 aliphatic rings. The number of ether oxygens (including phenoxy) is 1. The zero-order chi connectivity index (χ0) is 12.4. The van der Waals surface area contributed by atoms with Gasteiger partial charge in [-0.3, -0.25) is 4.98 Å². The van der Waals surface area contributed by atoms with Crippen LogP contribution in [0, 0.1) is 0 Å². The molecule has 5 heteroatoms. The molecular weight excluding hydrogens is 242 g/mol. The molecule has 1 heterocycles. The van der Waals surface area contributed by atoms with E-state index in [4.69, 9.17) is 21.4 Å². The number of aliphatic carboxylic acids is 1. The molecule has 0 saturated carbocycles. The van der Waals surface area contributed by atoms with E-state index in [9.17, 15) is 4.79 Å². The Labute approximate surface area is 103 Å².